The summed E-state index contributed by atoms with van der Waals surface area (Å²) in [4.78, 5) is 2.90. The van der Waals surface area contributed by atoms with Crippen LogP contribution in [0.2, 0.25) is 0 Å². The number of unbranched alkanes of at least 4 members (excludes halogenated alkanes) is 9. The maximum absolute atomic E-state index is 10.4. The minimum Gasteiger partial charge on any atom is -0.313 e. The molecule has 0 unspecified atom stereocenters. The first-order valence-electron chi connectivity index (χ1n) is 12.8. The van der Waals surface area contributed by atoms with Crippen molar-refractivity contribution in [3.8, 4) is 10.8 Å². The molecule has 0 saturated heterocycles. The molecule has 0 aliphatic rings. The number of rotatable bonds is 17. The molecule has 0 heterocycles. The van der Waals surface area contributed by atoms with Crippen LogP contribution in [0, 0.1) is 10.8 Å². The molecule has 0 amide bonds. The molecule has 1 rings (SSSR count). The van der Waals surface area contributed by atoms with E-state index in [1.165, 1.54) is 113 Å². The summed E-state index contributed by atoms with van der Waals surface area (Å²) in [7, 11) is -4.00. The number of benzene rings is 1. The summed E-state index contributed by atoms with van der Waals surface area (Å²) in [5, 5.41) is 0. The Morgan fingerprint density at radius 3 is 1.48 bits per heavy atom. The average Bonchev–Trinajstić information content (AvgIpc) is 2.81. The Morgan fingerprint density at radius 1 is 0.758 bits per heavy atom. The minimum atomic E-state index is -4.00. The lowest BCUT2D eigenvalue weighted by atomic mass is 10.1. The van der Waals surface area contributed by atoms with Crippen LogP contribution in [0.15, 0.2) is 35.2 Å². The average molecular weight is 546 g/mol. The smallest absolute Gasteiger partial charge is 0.294 e. The van der Waals surface area contributed by atoms with Crippen LogP contribution in [0.25, 0.3) is 0 Å². The van der Waals surface area contributed by atoms with E-state index in [0.29, 0.717) is 0 Å². The summed E-state index contributed by atoms with van der Waals surface area (Å²) in [6.45, 7) is 11.9. The van der Waals surface area contributed by atoms with Crippen LogP contribution in [-0.2, 0) is 10.1 Å². The van der Waals surface area contributed by atoms with E-state index in [0.717, 1.165) is 6.54 Å². The number of hydrogen-bond acceptors (Lipinski definition) is 2. The standard InChI is InChI=1S/C21H41BrN.C6H6O3S/c1-4-7-10-13-18-23(21-16-17-22,19-14-11-8-5-2)20-15-12-9-6-3;7-10(8,9)6-4-2-1-3-5-6/h4-15,18-21H2,1-3H3;1-5H,(H,7,8,9)/q+1;. The number of quaternary nitrogens is 1. The number of nitrogens with zero attached hydrogens (tertiary/aromatic N) is 1. The third kappa shape index (κ3) is 17.3. The Kier molecular flexibility index (Phi) is 20.0. The molecule has 0 radical (unpaired) electrons. The van der Waals surface area contributed by atoms with E-state index in [1.54, 1.807) is 18.2 Å². The second-order valence-corrected chi connectivity index (χ2v) is 10.7. The van der Waals surface area contributed by atoms with Crippen LogP contribution >= 0.6 is 15.9 Å². The van der Waals surface area contributed by atoms with Crippen molar-refractivity contribution in [3.05, 3.63) is 30.3 Å². The van der Waals surface area contributed by atoms with Crippen molar-refractivity contribution in [1.29, 1.82) is 0 Å². The van der Waals surface area contributed by atoms with Gasteiger partial charge in [-0.25, -0.2) is 0 Å². The molecule has 4 nitrogen and oxygen atoms in total. The molecule has 0 fully saturated rings. The van der Waals surface area contributed by atoms with Crippen molar-refractivity contribution in [1.82, 2.24) is 0 Å². The van der Waals surface area contributed by atoms with Crippen LogP contribution in [0.4, 0.5) is 0 Å². The molecule has 0 atom stereocenters. The molecule has 0 aliphatic heterocycles. The highest BCUT2D eigenvalue weighted by Gasteiger charge is 2.25. The normalized spacial score (nSPS) is 11.3. The fraction of sp³-hybridized carbons (Fsp3) is 0.704. The summed E-state index contributed by atoms with van der Waals surface area (Å²) in [6, 6.07) is 7.42. The summed E-state index contributed by atoms with van der Waals surface area (Å²) in [6.07, 6.45) is 16.4. The van der Waals surface area contributed by atoms with Gasteiger partial charge in [0, 0.05) is 15.9 Å². The molecular weight excluding hydrogens is 498 g/mol. The maximum Gasteiger partial charge on any atom is 0.294 e. The van der Waals surface area contributed by atoms with E-state index in [1.807, 2.05) is 0 Å². The quantitative estimate of drug-likeness (QED) is 0.0939. The fourth-order valence-electron chi connectivity index (χ4n) is 3.98. The van der Waals surface area contributed by atoms with E-state index in [4.69, 9.17) is 4.55 Å². The predicted octanol–water partition coefficient (Wildman–Crippen LogP) is 7.83. The van der Waals surface area contributed by atoms with Crippen LogP contribution < -0.4 is 0 Å². The number of halogens is 1. The molecule has 0 aromatic heterocycles. The van der Waals surface area contributed by atoms with E-state index < -0.39 is 10.1 Å². The summed E-state index contributed by atoms with van der Waals surface area (Å²) in [5.74, 6) is 3.35. The van der Waals surface area contributed by atoms with Crippen LogP contribution in [0.1, 0.15) is 97.8 Å². The summed E-state index contributed by atoms with van der Waals surface area (Å²) in [5.41, 5.74) is 0. The zero-order valence-electron chi connectivity index (χ0n) is 21.2. The van der Waals surface area contributed by atoms with Crippen molar-refractivity contribution in [3.63, 3.8) is 0 Å². The SMILES string of the molecule is CCCCCC[N+](CC#CBr)(CCCCCC)CCCCCC.O=S(=O)(O)c1ccccc1. The van der Waals surface area contributed by atoms with Crippen LogP contribution in [0.3, 0.4) is 0 Å². The first kappa shape index (κ1) is 32.1. The Hall–Kier alpha value is -0.870. The van der Waals surface area contributed by atoms with Gasteiger partial charge >= 0.3 is 0 Å². The van der Waals surface area contributed by atoms with Crippen molar-refractivity contribution in [2.24, 2.45) is 0 Å². The summed E-state index contributed by atoms with van der Waals surface area (Å²) >= 11 is 3.31. The molecule has 0 bridgehead atoms. The Balaban J connectivity index is 0.000000843. The van der Waals surface area contributed by atoms with Gasteiger partial charge in [-0.3, -0.25) is 4.55 Å². The first-order valence-corrected chi connectivity index (χ1v) is 15.0. The molecule has 0 spiro atoms. The Labute approximate surface area is 213 Å². The van der Waals surface area contributed by atoms with Gasteiger partial charge in [0.05, 0.1) is 24.5 Å². The van der Waals surface area contributed by atoms with Gasteiger partial charge in [0.1, 0.15) is 6.54 Å². The topological polar surface area (TPSA) is 54.4 Å². The van der Waals surface area contributed by atoms with Gasteiger partial charge < -0.3 is 4.48 Å². The monoisotopic (exact) mass is 544 g/mol. The highest BCUT2D eigenvalue weighted by atomic mass is 79.9. The molecule has 1 N–H and O–H groups in total. The van der Waals surface area contributed by atoms with Gasteiger partial charge in [-0.15, -0.1) is 0 Å². The zero-order chi connectivity index (χ0) is 24.8. The molecule has 190 valence electrons. The molecule has 1 aromatic carbocycles. The van der Waals surface area contributed by atoms with Crippen LogP contribution in [-0.4, -0.2) is 43.6 Å². The lowest BCUT2D eigenvalue weighted by Gasteiger charge is -2.37. The highest BCUT2D eigenvalue weighted by Crippen LogP contribution is 2.17. The lowest BCUT2D eigenvalue weighted by molar-refractivity contribution is -0.922. The van der Waals surface area contributed by atoms with Crippen molar-refractivity contribution in [2.75, 3.05) is 26.2 Å². The third-order valence-electron chi connectivity index (χ3n) is 5.98. The molecular formula is C27H47BrNO3S+. The molecule has 0 aliphatic carbocycles. The highest BCUT2D eigenvalue weighted by molar-refractivity contribution is 9.12. The van der Waals surface area contributed by atoms with Gasteiger partial charge in [-0.2, -0.15) is 8.42 Å². The number of hydrogen-bond donors (Lipinski definition) is 1. The van der Waals surface area contributed by atoms with Gasteiger partial charge in [-0.05, 0) is 61.4 Å². The van der Waals surface area contributed by atoms with Crippen molar-refractivity contribution < 1.29 is 17.5 Å². The Bertz CT molecular complexity index is 710. The Morgan fingerprint density at radius 2 is 1.18 bits per heavy atom. The van der Waals surface area contributed by atoms with Gasteiger partial charge in [0.15, 0.2) is 0 Å². The molecule has 6 heteroatoms. The van der Waals surface area contributed by atoms with Crippen molar-refractivity contribution >= 4 is 26.0 Å². The second kappa shape index (κ2) is 20.5. The van der Waals surface area contributed by atoms with E-state index in [9.17, 15) is 8.42 Å². The van der Waals surface area contributed by atoms with Gasteiger partial charge in [0.25, 0.3) is 10.1 Å². The molecule has 1 aromatic rings. The summed E-state index contributed by atoms with van der Waals surface area (Å²) < 4.78 is 30.5. The zero-order valence-corrected chi connectivity index (χ0v) is 23.6. The van der Waals surface area contributed by atoms with Gasteiger partial charge in [-0.1, -0.05) is 77.5 Å². The molecule has 0 saturated carbocycles. The van der Waals surface area contributed by atoms with Crippen molar-refractivity contribution in [2.45, 2.75) is 103 Å². The first-order chi connectivity index (χ1) is 15.8. The van der Waals surface area contributed by atoms with E-state index in [2.05, 4.69) is 47.5 Å². The lowest BCUT2D eigenvalue weighted by Crippen LogP contribution is -2.50. The largest absolute Gasteiger partial charge is 0.313 e. The predicted molar refractivity (Wildman–Crippen MR) is 145 cm³/mol. The van der Waals surface area contributed by atoms with E-state index in [-0.39, 0.29) is 4.90 Å². The minimum absolute atomic E-state index is 0.0741. The van der Waals surface area contributed by atoms with Crippen LogP contribution in [0.5, 0.6) is 0 Å². The van der Waals surface area contributed by atoms with E-state index >= 15 is 0 Å². The van der Waals surface area contributed by atoms with Gasteiger partial charge in [0.2, 0.25) is 0 Å². The molecule has 33 heavy (non-hydrogen) atoms. The second-order valence-electron chi connectivity index (χ2n) is 8.91. The third-order valence-corrected chi connectivity index (χ3v) is 7.13. The maximum atomic E-state index is 10.4. The fourth-order valence-corrected chi connectivity index (χ4v) is 4.61.